The number of ether oxygens (including phenoxy) is 2. The Balaban J connectivity index is 2.45. The minimum atomic E-state index is -0.585. The second kappa shape index (κ2) is 4.42. The molecule has 2 unspecified atom stereocenters. The van der Waals surface area contributed by atoms with Crippen LogP contribution in [0.1, 0.15) is 6.42 Å². The molecule has 0 aromatic heterocycles. The minimum absolute atomic E-state index is 0.344. The second-order valence-corrected chi connectivity index (χ2v) is 6.40. The van der Waals surface area contributed by atoms with Crippen LogP contribution in [0, 0.1) is 0 Å². The van der Waals surface area contributed by atoms with Crippen molar-refractivity contribution in [1.82, 2.24) is 0 Å². The van der Waals surface area contributed by atoms with Crippen LogP contribution in [0.5, 0.6) is 0 Å². The molecule has 10 heavy (non-hydrogen) atoms. The average molecular weight is 243 g/mol. The van der Waals surface area contributed by atoms with Crippen molar-refractivity contribution in [2.75, 3.05) is 14.2 Å². The summed E-state index contributed by atoms with van der Waals surface area (Å²) >= 11 is -0.585. The molecular formula is C7H12InO2. The molecule has 0 bridgehead atoms. The third-order valence-electron chi connectivity index (χ3n) is 1.75. The zero-order valence-electron chi connectivity index (χ0n) is 6.41. The van der Waals surface area contributed by atoms with E-state index in [-0.39, 0.29) is 0 Å². The fraction of sp³-hybridized carbons (Fsp3) is 0.714. The van der Waals surface area contributed by atoms with Crippen LogP contribution in [0.15, 0.2) is 9.91 Å². The summed E-state index contributed by atoms with van der Waals surface area (Å²) in [7, 11) is 3.54. The molecule has 2 atom stereocenters. The zero-order chi connectivity index (χ0) is 7.40. The Labute approximate surface area is 72.9 Å². The van der Waals surface area contributed by atoms with E-state index < -0.39 is 22.9 Å². The van der Waals surface area contributed by atoms with Gasteiger partial charge in [0, 0.05) is 0 Å². The Hall–Kier alpha value is 0.530. The van der Waals surface area contributed by atoms with Gasteiger partial charge in [-0.2, -0.15) is 0 Å². The van der Waals surface area contributed by atoms with Gasteiger partial charge in [-0.15, -0.1) is 0 Å². The molecule has 0 aliphatic carbocycles. The van der Waals surface area contributed by atoms with Gasteiger partial charge in [0.1, 0.15) is 0 Å². The molecular weight excluding hydrogens is 231 g/mol. The molecule has 0 fully saturated rings. The summed E-state index contributed by atoms with van der Waals surface area (Å²) in [6.45, 7) is 0. The topological polar surface area (TPSA) is 18.5 Å². The van der Waals surface area contributed by atoms with E-state index in [2.05, 4.69) is 9.91 Å². The molecule has 55 valence electrons. The molecule has 2 nitrogen and oxygen atoms in total. The first-order chi connectivity index (χ1) is 4.88. The number of hydrogen-bond acceptors (Lipinski definition) is 2. The van der Waals surface area contributed by atoms with Crippen LogP contribution in [0.25, 0.3) is 0 Å². The van der Waals surface area contributed by atoms with Gasteiger partial charge in [0.2, 0.25) is 0 Å². The maximum atomic E-state index is 5.30. The van der Waals surface area contributed by atoms with E-state index in [0.717, 1.165) is 6.42 Å². The van der Waals surface area contributed by atoms with Crippen LogP contribution < -0.4 is 0 Å². The third kappa shape index (κ3) is 2.01. The fourth-order valence-electron chi connectivity index (χ4n) is 1.12. The van der Waals surface area contributed by atoms with Crippen molar-refractivity contribution in [3.63, 3.8) is 0 Å². The molecule has 1 aliphatic heterocycles. The van der Waals surface area contributed by atoms with Crippen LogP contribution in [0.4, 0.5) is 0 Å². The van der Waals surface area contributed by atoms with Gasteiger partial charge in [-0.25, -0.2) is 0 Å². The van der Waals surface area contributed by atoms with E-state index in [1.807, 2.05) is 0 Å². The summed E-state index contributed by atoms with van der Waals surface area (Å²) in [5.74, 6) is 0. The maximum absolute atomic E-state index is 5.30. The summed E-state index contributed by atoms with van der Waals surface area (Å²) in [5, 5.41) is 0. The van der Waals surface area contributed by atoms with Crippen LogP contribution in [0.3, 0.4) is 0 Å². The monoisotopic (exact) mass is 243 g/mol. The van der Waals surface area contributed by atoms with Crippen molar-refractivity contribution < 1.29 is 9.47 Å². The normalized spacial score (nSPS) is 31.8. The van der Waals surface area contributed by atoms with Crippen molar-refractivity contribution in [2.45, 2.75) is 16.4 Å². The Morgan fingerprint density at radius 1 is 1.40 bits per heavy atom. The van der Waals surface area contributed by atoms with E-state index in [9.17, 15) is 0 Å². The van der Waals surface area contributed by atoms with Crippen LogP contribution in [0.2, 0.25) is 0 Å². The molecule has 1 rings (SSSR count). The molecule has 1 radical (unpaired) electrons. The molecule has 0 amide bonds. The first kappa shape index (κ1) is 8.63. The van der Waals surface area contributed by atoms with Crippen molar-refractivity contribution in [2.24, 2.45) is 0 Å². The van der Waals surface area contributed by atoms with Gasteiger partial charge in [-0.3, -0.25) is 0 Å². The molecule has 0 aromatic carbocycles. The van der Waals surface area contributed by atoms with Crippen LogP contribution in [-0.4, -0.2) is 47.1 Å². The zero-order valence-corrected chi connectivity index (χ0v) is 9.71. The summed E-state index contributed by atoms with van der Waals surface area (Å²) in [4.78, 5) is 0. The average Bonchev–Trinajstić information content (AvgIpc) is 2.04. The molecule has 0 spiro atoms. The Kier molecular flexibility index (Phi) is 3.81. The van der Waals surface area contributed by atoms with Gasteiger partial charge in [0.25, 0.3) is 0 Å². The molecule has 0 N–H and O–H groups in total. The molecule has 1 heterocycles. The third-order valence-corrected chi connectivity index (χ3v) is 6.24. The quantitative estimate of drug-likeness (QED) is 0.706. The van der Waals surface area contributed by atoms with Gasteiger partial charge in [0.15, 0.2) is 0 Å². The van der Waals surface area contributed by atoms with Crippen LogP contribution in [-0.2, 0) is 9.47 Å². The van der Waals surface area contributed by atoms with Gasteiger partial charge in [0.05, 0.1) is 0 Å². The molecule has 3 heteroatoms. The fourth-order valence-corrected chi connectivity index (χ4v) is 4.69. The van der Waals surface area contributed by atoms with E-state index in [1.165, 1.54) is 0 Å². The van der Waals surface area contributed by atoms with E-state index >= 15 is 0 Å². The Morgan fingerprint density at radius 3 is 2.70 bits per heavy atom. The molecule has 1 aliphatic rings. The SMILES string of the molecule is COC1CC=[CH][In][CH]1OC. The summed E-state index contributed by atoms with van der Waals surface area (Å²) in [5.41, 5.74) is 0. The Bertz CT molecular complexity index is 111. The van der Waals surface area contributed by atoms with Gasteiger partial charge < -0.3 is 0 Å². The predicted molar refractivity (Wildman–Crippen MR) is 41.1 cm³/mol. The van der Waals surface area contributed by atoms with Crippen molar-refractivity contribution in [1.29, 1.82) is 0 Å². The van der Waals surface area contributed by atoms with Crippen molar-refractivity contribution in [3.05, 3.63) is 9.91 Å². The van der Waals surface area contributed by atoms with Gasteiger partial charge in [-0.05, 0) is 0 Å². The van der Waals surface area contributed by atoms with E-state index in [4.69, 9.17) is 9.47 Å². The second-order valence-electron chi connectivity index (χ2n) is 2.33. The summed E-state index contributed by atoms with van der Waals surface area (Å²) in [6.07, 6.45) is 3.60. The summed E-state index contributed by atoms with van der Waals surface area (Å²) < 4.78 is 13.4. The first-order valence-corrected chi connectivity index (χ1v) is 7.24. The van der Waals surface area contributed by atoms with Crippen molar-refractivity contribution >= 4 is 22.9 Å². The summed E-state index contributed by atoms with van der Waals surface area (Å²) in [6, 6.07) is 0. The number of methoxy groups -OCH3 is 2. The van der Waals surface area contributed by atoms with Crippen molar-refractivity contribution in [3.8, 4) is 0 Å². The van der Waals surface area contributed by atoms with Gasteiger partial charge in [-0.1, -0.05) is 0 Å². The Morgan fingerprint density at radius 2 is 2.20 bits per heavy atom. The number of rotatable bonds is 2. The molecule has 0 saturated heterocycles. The number of hydrogen-bond donors (Lipinski definition) is 0. The van der Waals surface area contributed by atoms with Gasteiger partial charge >= 0.3 is 72.9 Å². The standard InChI is InChI=1S/C7H12O2.In/c1-4-5-7(9-3)6-8-2;/h1,4,6-7H,5H2,2-3H3;. The molecule has 0 aromatic rings. The van der Waals surface area contributed by atoms with Crippen LogP contribution >= 0.6 is 0 Å². The predicted octanol–water partition coefficient (Wildman–Crippen LogP) is 0.595. The van der Waals surface area contributed by atoms with E-state index in [1.54, 1.807) is 14.2 Å². The first-order valence-electron chi connectivity index (χ1n) is 3.44. The van der Waals surface area contributed by atoms with E-state index in [0.29, 0.717) is 9.96 Å². The molecule has 0 saturated carbocycles.